The third-order valence-electron chi connectivity index (χ3n) is 7.52. The van der Waals surface area contributed by atoms with Gasteiger partial charge in [-0.15, -0.1) is 0 Å². The summed E-state index contributed by atoms with van der Waals surface area (Å²) in [6.07, 6.45) is -2.87. The van der Waals surface area contributed by atoms with Gasteiger partial charge < -0.3 is 29.4 Å². The summed E-state index contributed by atoms with van der Waals surface area (Å²) in [4.78, 5) is 13.1. The summed E-state index contributed by atoms with van der Waals surface area (Å²) in [6.45, 7) is 0.467. The minimum Gasteiger partial charge on any atom is -0.390 e. The minimum absolute atomic E-state index is 0.0603. The van der Waals surface area contributed by atoms with Crippen LogP contribution in [0.25, 0.3) is 43.6 Å². The SMILES string of the molecule is O=C1NCc2c1c1c3ccccc3n3c1c1c2c2ccccc2n1C1OC3CC(O)C1O. The maximum Gasteiger partial charge on any atom is 0.252 e. The van der Waals surface area contributed by atoms with Gasteiger partial charge in [-0.3, -0.25) is 4.79 Å². The summed E-state index contributed by atoms with van der Waals surface area (Å²) in [5.74, 6) is -0.0603. The number of rotatable bonds is 0. The Kier molecular flexibility index (Phi) is 2.96. The number of hydrogen-bond donors (Lipinski definition) is 3. The summed E-state index contributed by atoms with van der Waals surface area (Å²) in [7, 11) is 0. The van der Waals surface area contributed by atoms with Crippen LogP contribution in [-0.2, 0) is 11.3 Å². The van der Waals surface area contributed by atoms with Gasteiger partial charge in [-0.2, -0.15) is 0 Å². The predicted octanol–water partition coefficient (Wildman–Crippen LogP) is 3.30. The summed E-state index contributed by atoms with van der Waals surface area (Å²) >= 11 is 0. The van der Waals surface area contributed by atoms with Crippen molar-refractivity contribution in [1.29, 1.82) is 0 Å². The van der Waals surface area contributed by atoms with Crippen LogP contribution in [0.15, 0.2) is 48.5 Å². The lowest BCUT2D eigenvalue weighted by Gasteiger charge is -2.37. The number of carbonyl (C=O) groups is 1. The number of para-hydroxylation sites is 2. The van der Waals surface area contributed by atoms with Gasteiger partial charge in [-0.25, -0.2) is 0 Å². The van der Waals surface area contributed by atoms with Gasteiger partial charge in [0.05, 0.1) is 33.7 Å². The molecule has 7 heteroatoms. The van der Waals surface area contributed by atoms with Crippen molar-refractivity contribution in [3.8, 4) is 0 Å². The Hall–Kier alpha value is -3.39. The summed E-state index contributed by atoms with van der Waals surface area (Å²) < 4.78 is 10.7. The highest BCUT2D eigenvalue weighted by molar-refractivity contribution is 6.30. The number of amides is 1. The highest BCUT2D eigenvalue weighted by Crippen LogP contribution is 2.51. The van der Waals surface area contributed by atoms with E-state index in [1.807, 2.05) is 47.0 Å². The Balaban J connectivity index is 1.76. The van der Waals surface area contributed by atoms with Crippen molar-refractivity contribution in [2.45, 2.75) is 37.6 Å². The second kappa shape index (κ2) is 5.50. The summed E-state index contributed by atoms with van der Waals surface area (Å²) in [6, 6.07) is 16.1. The van der Waals surface area contributed by atoms with E-state index in [4.69, 9.17) is 4.74 Å². The maximum absolute atomic E-state index is 13.1. The van der Waals surface area contributed by atoms with Crippen LogP contribution < -0.4 is 5.32 Å². The molecule has 3 N–H and O–H groups in total. The molecule has 5 aromatic rings. The van der Waals surface area contributed by atoms with E-state index < -0.39 is 24.7 Å². The lowest BCUT2D eigenvalue weighted by atomic mass is 9.97. The largest absolute Gasteiger partial charge is 0.390 e. The molecule has 0 spiro atoms. The van der Waals surface area contributed by atoms with E-state index in [0.717, 1.165) is 54.7 Å². The van der Waals surface area contributed by atoms with Gasteiger partial charge in [0.1, 0.15) is 12.3 Å². The molecule has 32 heavy (non-hydrogen) atoms. The van der Waals surface area contributed by atoms with Crippen molar-refractivity contribution >= 4 is 49.5 Å². The van der Waals surface area contributed by atoms with Gasteiger partial charge in [0, 0.05) is 34.5 Å². The molecular formula is C25H19N3O4. The standard InChI is InChI=1S/C25H19N3O4/c29-16-9-17-27-14-7-3-2-6-12(14)19-20-13(10-26-24(20)31)18-11-5-1-4-8-15(11)28(21(18)22(19)27)25(32-17)23(16)30/h1-8,16-17,23,25,29-30H,9-10H2,(H,26,31). The first-order valence-corrected chi connectivity index (χ1v) is 10.9. The number of hydrogen-bond acceptors (Lipinski definition) is 4. The van der Waals surface area contributed by atoms with E-state index in [1.165, 1.54) is 0 Å². The maximum atomic E-state index is 13.1. The number of nitrogens with zero attached hydrogens (tertiary/aromatic N) is 2. The lowest BCUT2D eigenvalue weighted by Crippen LogP contribution is -2.43. The molecule has 2 bridgehead atoms. The van der Waals surface area contributed by atoms with Crippen LogP contribution in [0.5, 0.6) is 0 Å². The molecule has 3 aromatic carbocycles. The summed E-state index contributed by atoms with van der Waals surface area (Å²) in [5.41, 5.74) is 5.48. The smallest absolute Gasteiger partial charge is 0.252 e. The predicted molar refractivity (Wildman–Crippen MR) is 119 cm³/mol. The molecule has 3 aliphatic rings. The zero-order valence-corrected chi connectivity index (χ0v) is 16.9. The first kappa shape index (κ1) is 17.2. The minimum atomic E-state index is -1.05. The molecule has 4 unspecified atom stereocenters. The van der Waals surface area contributed by atoms with Gasteiger partial charge in [-0.05, 0) is 17.7 Å². The Morgan fingerprint density at radius 1 is 0.906 bits per heavy atom. The number of carbonyl (C=O) groups excluding carboxylic acids is 1. The monoisotopic (exact) mass is 425 g/mol. The Morgan fingerprint density at radius 3 is 2.34 bits per heavy atom. The van der Waals surface area contributed by atoms with Crippen LogP contribution in [0.3, 0.4) is 0 Å². The molecule has 158 valence electrons. The third kappa shape index (κ3) is 1.76. The van der Waals surface area contributed by atoms with Gasteiger partial charge in [0.15, 0.2) is 6.23 Å². The van der Waals surface area contributed by atoms with Crippen molar-refractivity contribution in [3.05, 3.63) is 59.7 Å². The van der Waals surface area contributed by atoms with Gasteiger partial charge in [0.2, 0.25) is 0 Å². The fourth-order valence-corrected chi connectivity index (χ4v) is 6.29. The summed E-state index contributed by atoms with van der Waals surface area (Å²) in [5, 5.41) is 28.8. The van der Waals surface area contributed by atoms with Crippen LogP contribution in [-0.4, -0.2) is 37.5 Å². The van der Waals surface area contributed by atoms with E-state index in [9.17, 15) is 15.0 Å². The van der Waals surface area contributed by atoms with Crippen molar-refractivity contribution < 1.29 is 19.7 Å². The normalized spacial score (nSPS) is 26.4. The average Bonchev–Trinajstić information content (AvgIpc) is 3.43. The fraction of sp³-hybridized carbons (Fsp3) is 0.240. The fourth-order valence-electron chi connectivity index (χ4n) is 6.29. The Labute approximate surface area is 181 Å². The van der Waals surface area contributed by atoms with Crippen LogP contribution >= 0.6 is 0 Å². The lowest BCUT2D eigenvalue weighted by molar-refractivity contribution is -0.213. The average molecular weight is 425 g/mol. The van der Waals surface area contributed by atoms with Crippen molar-refractivity contribution in [2.75, 3.05) is 0 Å². The van der Waals surface area contributed by atoms with Gasteiger partial charge in [-0.1, -0.05) is 36.4 Å². The van der Waals surface area contributed by atoms with Crippen LogP contribution in [0.2, 0.25) is 0 Å². The molecule has 1 saturated heterocycles. The Bertz CT molecular complexity index is 1660. The van der Waals surface area contributed by atoms with E-state index in [0.29, 0.717) is 6.54 Å². The molecule has 1 fully saturated rings. The molecule has 8 rings (SSSR count). The quantitative estimate of drug-likeness (QED) is 0.355. The zero-order chi connectivity index (χ0) is 21.3. The second-order valence-electron chi connectivity index (χ2n) is 9.03. The molecular weight excluding hydrogens is 406 g/mol. The molecule has 0 radical (unpaired) electrons. The van der Waals surface area contributed by atoms with Crippen LogP contribution in [0.1, 0.15) is 34.8 Å². The van der Waals surface area contributed by atoms with E-state index >= 15 is 0 Å². The van der Waals surface area contributed by atoms with E-state index in [1.54, 1.807) is 0 Å². The molecule has 4 atom stereocenters. The number of benzene rings is 3. The molecule has 1 amide bonds. The molecule has 2 aromatic heterocycles. The Morgan fingerprint density at radius 2 is 1.56 bits per heavy atom. The van der Waals surface area contributed by atoms with Crippen molar-refractivity contribution in [3.63, 3.8) is 0 Å². The second-order valence-corrected chi connectivity index (χ2v) is 9.03. The molecule has 5 heterocycles. The van der Waals surface area contributed by atoms with E-state index in [-0.39, 0.29) is 12.3 Å². The van der Waals surface area contributed by atoms with E-state index in [2.05, 4.69) is 16.0 Å². The number of aliphatic hydroxyl groups excluding tert-OH is 2. The molecule has 7 nitrogen and oxygen atoms in total. The van der Waals surface area contributed by atoms with Crippen LogP contribution in [0.4, 0.5) is 0 Å². The molecule has 0 saturated carbocycles. The number of aliphatic hydroxyl groups is 2. The highest BCUT2D eigenvalue weighted by atomic mass is 16.5. The van der Waals surface area contributed by atoms with Crippen molar-refractivity contribution in [1.82, 2.24) is 14.5 Å². The first-order valence-electron chi connectivity index (χ1n) is 10.9. The van der Waals surface area contributed by atoms with Crippen molar-refractivity contribution in [2.24, 2.45) is 0 Å². The van der Waals surface area contributed by atoms with Gasteiger partial charge >= 0.3 is 0 Å². The number of ether oxygens (including phenoxy) is 1. The van der Waals surface area contributed by atoms with Gasteiger partial charge in [0.25, 0.3) is 5.91 Å². The third-order valence-corrected chi connectivity index (χ3v) is 7.52. The number of nitrogens with one attached hydrogen (secondary N) is 1. The van der Waals surface area contributed by atoms with Crippen LogP contribution in [0, 0.1) is 0 Å². The highest BCUT2D eigenvalue weighted by Gasteiger charge is 2.44. The number of fused-ring (bicyclic) bond motifs is 13. The molecule has 0 aliphatic carbocycles. The molecule has 3 aliphatic heterocycles. The topological polar surface area (TPSA) is 88.7 Å². The first-order chi connectivity index (χ1) is 15.6. The number of aromatic nitrogens is 2. The zero-order valence-electron chi connectivity index (χ0n) is 16.9.